The number of carbonyl (C=O) groups excluding carboxylic acids is 1. The zero-order valence-electron chi connectivity index (χ0n) is 19.3. The summed E-state index contributed by atoms with van der Waals surface area (Å²) in [5.41, 5.74) is 1.33. The first-order valence-corrected chi connectivity index (χ1v) is 13.4. The third-order valence-electron chi connectivity index (χ3n) is 5.72. The number of allylic oxidation sites excluding steroid dienone is 1. The summed E-state index contributed by atoms with van der Waals surface area (Å²) < 4.78 is 29.9. The number of fused-ring (bicyclic) bond motifs is 3. The van der Waals surface area contributed by atoms with Crippen LogP contribution in [0, 0.1) is 0 Å². The Kier molecular flexibility index (Phi) is 7.11. The fourth-order valence-electron chi connectivity index (χ4n) is 3.79. The lowest BCUT2D eigenvalue weighted by molar-refractivity contribution is 0.0998. The molecule has 0 aliphatic rings. The van der Waals surface area contributed by atoms with Crippen molar-refractivity contribution in [1.82, 2.24) is 8.87 Å². The van der Waals surface area contributed by atoms with Gasteiger partial charge in [0.15, 0.2) is 4.80 Å². The van der Waals surface area contributed by atoms with Gasteiger partial charge in [0.05, 0.1) is 15.1 Å². The number of benzene rings is 3. The second kappa shape index (κ2) is 10.0. The van der Waals surface area contributed by atoms with Crippen LogP contribution in [0.4, 0.5) is 0 Å². The average molecular weight is 494 g/mol. The molecular formula is C26H27N3O3S2. The van der Waals surface area contributed by atoms with Gasteiger partial charge in [-0.05, 0) is 42.1 Å². The van der Waals surface area contributed by atoms with Crippen LogP contribution < -0.4 is 4.80 Å². The van der Waals surface area contributed by atoms with E-state index >= 15 is 0 Å². The van der Waals surface area contributed by atoms with E-state index in [0.29, 0.717) is 23.5 Å². The molecule has 4 rings (SSSR count). The molecular weight excluding hydrogens is 466 g/mol. The van der Waals surface area contributed by atoms with Gasteiger partial charge in [-0.1, -0.05) is 61.1 Å². The van der Waals surface area contributed by atoms with Crippen LogP contribution in [-0.2, 0) is 16.6 Å². The van der Waals surface area contributed by atoms with Gasteiger partial charge >= 0.3 is 0 Å². The first-order chi connectivity index (χ1) is 16.4. The number of nitrogens with zero attached hydrogens (tertiary/aromatic N) is 3. The maximum atomic E-state index is 13.0. The number of carbonyl (C=O) groups is 1. The molecule has 0 aliphatic carbocycles. The molecule has 0 fully saturated rings. The minimum atomic E-state index is -3.59. The largest absolute Gasteiger partial charge is 0.312 e. The van der Waals surface area contributed by atoms with Crippen LogP contribution in [0.2, 0.25) is 0 Å². The minimum Gasteiger partial charge on any atom is -0.312 e. The normalized spacial score (nSPS) is 12.6. The molecule has 0 unspecified atom stereocenters. The molecule has 0 saturated heterocycles. The van der Waals surface area contributed by atoms with Crippen molar-refractivity contribution in [3.8, 4) is 0 Å². The van der Waals surface area contributed by atoms with Crippen molar-refractivity contribution in [1.29, 1.82) is 0 Å². The number of rotatable bonds is 8. The highest BCUT2D eigenvalue weighted by Crippen LogP contribution is 2.27. The summed E-state index contributed by atoms with van der Waals surface area (Å²) in [6.07, 6.45) is 3.48. The van der Waals surface area contributed by atoms with Crippen LogP contribution in [-0.4, -0.2) is 36.8 Å². The van der Waals surface area contributed by atoms with Gasteiger partial charge in [-0.3, -0.25) is 4.79 Å². The van der Waals surface area contributed by atoms with Crippen LogP contribution in [0.15, 0.2) is 83.2 Å². The Labute approximate surface area is 203 Å². The second-order valence-electron chi connectivity index (χ2n) is 8.04. The van der Waals surface area contributed by atoms with Gasteiger partial charge in [0.1, 0.15) is 0 Å². The highest BCUT2D eigenvalue weighted by molar-refractivity contribution is 7.89. The van der Waals surface area contributed by atoms with Crippen LogP contribution in [0.25, 0.3) is 21.0 Å². The quantitative estimate of drug-likeness (QED) is 0.317. The van der Waals surface area contributed by atoms with Crippen LogP contribution in [0.1, 0.15) is 30.1 Å². The molecule has 0 atom stereocenters. The molecule has 0 saturated carbocycles. The number of amides is 1. The summed E-state index contributed by atoms with van der Waals surface area (Å²) >= 11 is 1.46. The van der Waals surface area contributed by atoms with Crippen molar-refractivity contribution >= 4 is 48.3 Å². The minimum absolute atomic E-state index is 0.165. The van der Waals surface area contributed by atoms with Crippen LogP contribution >= 0.6 is 11.3 Å². The molecule has 3 aromatic carbocycles. The van der Waals surface area contributed by atoms with Gasteiger partial charge in [-0.25, -0.2) is 12.7 Å². The number of aromatic nitrogens is 1. The standard InChI is InChI=1S/C26H27N3O3S2/c1-4-6-18-28(3)34(31,32)21-14-11-20(12-15-21)25(30)27-26-29(17-5-2)23-16-13-19-9-7-8-10-22(19)24(23)33-26/h5,7-16H,2,4,6,17-18H2,1,3H3. The fourth-order valence-corrected chi connectivity index (χ4v) is 6.17. The van der Waals surface area contributed by atoms with E-state index in [0.717, 1.165) is 33.8 Å². The van der Waals surface area contributed by atoms with Gasteiger partial charge in [0, 0.05) is 31.1 Å². The summed E-state index contributed by atoms with van der Waals surface area (Å²) in [5.74, 6) is -0.419. The Bertz CT molecular complexity index is 1530. The van der Waals surface area contributed by atoms with Gasteiger partial charge in [-0.2, -0.15) is 4.99 Å². The molecule has 0 aliphatic heterocycles. The van der Waals surface area contributed by atoms with Crippen molar-refractivity contribution < 1.29 is 13.2 Å². The number of unbranched alkanes of at least 4 members (excludes halogenated alkanes) is 1. The molecule has 4 aromatic rings. The van der Waals surface area contributed by atoms with Crippen molar-refractivity contribution in [2.24, 2.45) is 4.99 Å². The topological polar surface area (TPSA) is 71.7 Å². The highest BCUT2D eigenvalue weighted by Gasteiger charge is 2.20. The molecule has 0 spiro atoms. The monoisotopic (exact) mass is 493 g/mol. The maximum Gasteiger partial charge on any atom is 0.279 e. The van der Waals surface area contributed by atoms with E-state index in [9.17, 15) is 13.2 Å². The SMILES string of the molecule is C=CCn1c(=NC(=O)c2ccc(S(=O)(=O)N(C)CCCC)cc2)sc2c3ccccc3ccc21. The Morgan fingerprint density at radius 1 is 1.12 bits per heavy atom. The Morgan fingerprint density at radius 3 is 2.56 bits per heavy atom. The zero-order chi connectivity index (χ0) is 24.3. The molecule has 0 N–H and O–H groups in total. The van der Waals surface area contributed by atoms with Crippen molar-refractivity contribution in [2.75, 3.05) is 13.6 Å². The molecule has 8 heteroatoms. The number of thiazole rings is 1. The van der Waals surface area contributed by atoms with Crippen LogP contribution in [0.5, 0.6) is 0 Å². The third-order valence-corrected chi connectivity index (χ3v) is 8.72. The zero-order valence-corrected chi connectivity index (χ0v) is 20.9. The van der Waals surface area contributed by atoms with Crippen LogP contribution in [0.3, 0.4) is 0 Å². The van der Waals surface area contributed by atoms with E-state index < -0.39 is 15.9 Å². The molecule has 0 bridgehead atoms. The lowest BCUT2D eigenvalue weighted by atomic mass is 10.1. The smallest absolute Gasteiger partial charge is 0.279 e. The molecule has 0 radical (unpaired) electrons. The molecule has 1 amide bonds. The van der Waals surface area contributed by atoms with Gasteiger partial charge in [0.2, 0.25) is 10.0 Å². The van der Waals surface area contributed by atoms with Crippen molar-refractivity contribution in [3.63, 3.8) is 0 Å². The number of hydrogen-bond acceptors (Lipinski definition) is 4. The van der Waals surface area contributed by atoms with E-state index in [1.165, 1.54) is 39.9 Å². The maximum absolute atomic E-state index is 13.0. The third kappa shape index (κ3) is 4.61. The Morgan fingerprint density at radius 2 is 1.85 bits per heavy atom. The van der Waals surface area contributed by atoms with Gasteiger partial charge in [-0.15, -0.1) is 6.58 Å². The summed E-state index contributed by atoms with van der Waals surface area (Å²) in [5, 5.41) is 2.24. The van der Waals surface area contributed by atoms with Crippen molar-refractivity contribution in [3.05, 3.63) is 83.7 Å². The lowest BCUT2D eigenvalue weighted by Gasteiger charge is -2.16. The highest BCUT2D eigenvalue weighted by atomic mass is 32.2. The predicted octanol–water partition coefficient (Wildman–Crippen LogP) is 5.20. The summed E-state index contributed by atoms with van der Waals surface area (Å²) in [6, 6.07) is 18.2. The molecule has 176 valence electrons. The summed E-state index contributed by atoms with van der Waals surface area (Å²) in [7, 11) is -2.01. The molecule has 1 heterocycles. The van der Waals surface area contributed by atoms with Gasteiger partial charge < -0.3 is 4.57 Å². The van der Waals surface area contributed by atoms with Gasteiger partial charge in [0.25, 0.3) is 5.91 Å². The number of hydrogen-bond donors (Lipinski definition) is 0. The first-order valence-electron chi connectivity index (χ1n) is 11.1. The van der Waals surface area contributed by atoms with E-state index in [1.807, 2.05) is 29.7 Å². The molecule has 34 heavy (non-hydrogen) atoms. The molecule has 1 aromatic heterocycles. The Balaban J connectivity index is 1.71. The van der Waals surface area contributed by atoms with Crippen molar-refractivity contribution in [2.45, 2.75) is 31.2 Å². The van der Waals surface area contributed by atoms with E-state index in [-0.39, 0.29) is 4.90 Å². The Hall–Kier alpha value is -3.07. The average Bonchev–Trinajstić information content (AvgIpc) is 3.20. The first kappa shape index (κ1) is 24.1. The predicted molar refractivity (Wildman–Crippen MR) is 139 cm³/mol. The fraction of sp³-hybridized carbons (Fsp3) is 0.231. The number of sulfonamides is 1. The van der Waals surface area contributed by atoms with E-state index in [1.54, 1.807) is 13.1 Å². The summed E-state index contributed by atoms with van der Waals surface area (Å²) in [6.45, 7) is 6.84. The summed E-state index contributed by atoms with van der Waals surface area (Å²) in [4.78, 5) is 18.1. The van der Waals surface area contributed by atoms with E-state index in [2.05, 4.69) is 29.8 Å². The lowest BCUT2D eigenvalue weighted by Crippen LogP contribution is -2.27. The second-order valence-corrected chi connectivity index (χ2v) is 11.1. The molecule has 6 nitrogen and oxygen atoms in total. The van der Waals surface area contributed by atoms with E-state index in [4.69, 9.17) is 0 Å².